The molecule has 0 bridgehead atoms. The van der Waals surface area contributed by atoms with Crippen molar-refractivity contribution in [2.75, 3.05) is 7.05 Å². The predicted molar refractivity (Wildman–Crippen MR) is 57.8 cm³/mol. The lowest BCUT2D eigenvalue weighted by Crippen LogP contribution is -2.24. The molecule has 0 spiro atoms. The molecule has 0 heterocycles. The average molecular weight is 213 g/mol. The molecule has 0 radical (unpaired) electrons. The van der Waals surface area contributed by atoms with Gasteiger partial charge in [0.1, 0.15) is 0 Å². The van der Waals surface area contributed by atoms with E-state index in [-0.39, 0.29) is 0 Å². The molecule has 0 aliphatic carbocycles. The van der Waals surface area contributed by atoms with Gasteiger partial charge in [0, 0.05) is 6.04 Å². The molecule has 1 N–H and O–H groups in total. The number of benzene rings is 1. The second kappa shape index (κ2) is 5.81. The van der Waals surface area contributed by atoms with Crippen molar-refractivity contribution in [3.63, 3.8) is 0 Å². The summed E-state index contributed by atoms with van der Waals surface area (Å²) in [6.45, 7) is 2.07. The zero-order valence-corrected chi connectivity index (χ0v) is 9.19. The molecule has 1 unspecified atom stereocenters. The summed E-state index contributed by atoms with van der Waals surface area (Å²) >= 11 is 0. The molecule has 1 nitrogen and oxygen atoms in total. The van der Waals surface area contributed by atoms with Gasteiger partial charge >= 0.3 is 0 Å². The van der Waals surface area contributed by atoms with E-state index < -0.39 is 11.6 Å². The van der Waals surface area contributed by atoms with Crippen LogP contribution in [-0.2, 0) is 6.42 Å². The van der Waals surface area contributed by atoms with Gasteiger partial charge in [-0.1, -0.05) is 19.1 Å². The summed E-state index contributed by atoms with van der Waals surface area (Å²) in [5, 5.41) is 3.14. The lowest BCUT2D eigenvalue weighted by molar-refractivity contribution is 0.477. The van der Waals surface area contributed by atoms with Crippen LogP contribution in [0.25, 0.3) is 0 Å². The van der Waals surface area contributed by atoms with E-state index >= 15 is 0 Å². The highest BCUT2D eigenvalue weighted by Gasteiger charge is 2.09. The molecule has 0 saturated carbocycles. The van der Waals surface area contributed by atoms with E-state index in [0.29, 0.717) is 18.0 Å². The van der Waals surface area contributed by atoms with Crippen molar-refractivity contribution < 1.29 is 8.78 Å². The molecule has 1 rings (SSSR count). The van der Waals surface area contributed by atoms with Gasteiger partial charge in [0.25, 0.3) is 0 Å². The SMILES string of the molecule is CCC(CCc1cccc(F)c1F)NC. The number of halogens is 2. The summed E-state index contributed by atoms with van der Waals surface area (Å²) in [6.07, 6.45) is 2.39. The van der Waals surface area contributed by atoms with Crippen LogP contribution >= 0.6 is 0 Å². The Balaban J connectivity index is 2.61. The van der Waals surface area contributed by atoms with Crippen LogP contribution in [0.3, 0.4) is 0 Å². The Morgan fingerprint density at radius 2 is 2.07 bits per heavy atom. The number of hydrogen-bond acceptors (Lipinski definition) is 1. The molecule has 0 aliphatic heterocycles. The van der Waals surface area contributed by atoms with Crippen molar-refractivity contribution in [2.24, 2.45) is 0 Å². The minimum absolute atomic E-state index is 0.368. The molecule has 0 aromatic heterocycles. The van der Waals surface area contributed by atoms with Crippen LogP contribution in [-0.4, -0.2) is 13.1 Å². The first-order chi connectivity index (χ1) is 7.19. The molecule has 84 valence electrons. The first-order valence-electron chi connectivity index (χ1n) is 5.29. The Labute approximate surface area is 89.5 Å². The van der Waals surface area contributed by atoms with Crippen molar-refractivity contribution in [2.45, 2.75) is 32.2 Å². The maximum atomic E-state index is 13.3. The van der Waals surface area contributed by atoms with Crippen molar-refractivity contribution >= 4 is 0 Å². The quantitative estimate of drug-likeness (QED) is 0.793. The van der Waals surface area contributed by atoms with Gasteiger partial charge in [-0.05, 0) is 37.9 Å². The van der Waals surface area contributed by atoms with Gasteiger partial charge in [-0.3, -0.25) is 0 Å². The number of hydrogen-bond donors (Lipinski definition) is 1. The third-order valence-corrected chi connectivity index (χ3v) is 2.69. The zero-order chi connectivity index (χ0) is 11.3. The summed E-state index contributed by atoms with van der Waals surface area (Å²) in [7, 11) is 1.89. The first kappa shape index (κ1) is 12.1. The van der Waals surface area contributed by atoms with Gasteiger partial charge in [0.2, 0.25) is 0 Å². The van der Waals surface area contributed by atoms with Crippen LogP contribution in [0.15, 0.2) is 18.2 Å². The van der Waals surface area contributed by atoms with E-state index in [1.54, 1.807) is 12.1 Å². The summed E-state index contributed by atoms with van der Waals surface area (Å²) in [6, 6.07) is 4.70. The molecule has 15 heavy (non-hydrogen) atoms. The fourth-order valence-electron chi connectivity index (χ4n) is 1.62. The molecule has 3 heteroatoms. The highest BCUT2D eigenvalue weighted by atomic mass is 19.2. The zero-order valence-electron chi connectivity index (χ0n) is 9.19. The first-order valence-corrected chi connectivity index (χ1v) is 5.29. The van der Waals surface area contributed by atoms with Crippen LogP contribution in [0.2, 0.25) is 0 Å². The number of aryl methyl sites for hydroxylation is 1. The fraction of sp³-hybridized carbons (Fsp3) is 0.500. The van der Waals surface area contributed by atoms with Crippen LogP contribution in [0.5, 0.6) is 0 Å². The molecular weight excluding hydrogens is 196 g/mol. The van der Waals surface area contributed by atoms with Crippen LogP contribution in [0.4, 0.5) is 8.78 Å². The van der Waals surface area contributed by atoms with Gasteiger partial charge in [0.15, 0.2) is 11.6 Å². The third-order valence-electron chi connectivity index (χ3n) is 2.69. The molecule has 0 amide bonds. The maximum Gasteiger partial charge on any atom is 0.162 e. The number of nitrogens with one attached hydrogen (secondary N) is 1. The Morgan fingerprint density at radius 1 is 1.33 bits per heavy atom. The van der Waals surface area contributed by atoms with E-state index in [4.69, 9.17) is 0 Å². The average Bonchev–Trinajstić information content (AvgIpc) is 2.25. The van der Waals surface area contributed by atoms with Gasteiger partial charge in [-0.15, -0.1) is 0 Å². The summed E-state index contributed by atoms with van der Waals surface area (Å²) in [4.78, 5) is 0. The highest BCUT2D eigenvalue weighted by Crippen LogP contribution is 2.14. The van der Waals surface area contributed by atoms with Crippen molar-refractivity contribution in [1.29, 1.82) is 0 Å². The maximum absolute atomic E-state index is 13.3. The monoisotopic (exact) mass is 213 g/mol. The molecule has 0 aliphatic rings. The van der Waals surface area contributed by atoms with E-state index in [2.05, 4.69) is 12.2 Å². The van der Waals surface area contributed by atoms with Crippen LogP contribution in [0, 0.1) is 11.6 Å². The third kappa shape index (κ3) is 3.27. The van der Waals surface area contributed by atoms with Gasteiger partial charge in [0.05, 0.1) is 0 Å². The van der Waals surface area contributed by atoms with Crippen molar-refractivity contribution in [1.82, 2.24) is 5.32 Å². The lowest BCUT2D eigenvalue weighted by atomic mass is 10.0. The van der Waals surface area contributed by atoms with E-state index in [1.165, 1.54) is 0 Å². The Bertz CT molecular complexity index is 308. The second-order valence-electron chi connectivity index (χ2n) is 3.65. The van der Waals surface area contributed by atoms with Crippen molar-refractivity contribution in [3.8, 4) is 0 Å². The standard InChI is InChI=1S/C12H17F2N/c1-3-10(15-2)8-7-9-5-4-6-11(13)12(9)14/h4-6,10,15H,3,7-8H2,1-2H3. The van der Waals surface area contributed by atoms with E-state index in [9.17, 15) is 8.78 Å². The Hall–Kier alpha value is -0.960. The number of rotatable bonds is 5. The topological polar surface area (TPSA) is 12.0 Å². The normalized spacial score (nSPS) is 12.8. The van der Waals surface area contributed by atoms with E-state index in [0.717, 1.165) is 18.9 Å². The van der Waals surface area contributed by atoms with E-state index in [1.807, 2.05) is 7.05 Å². The van der Waals surface area contributed by atoms with Gasteiger partial charge in [-0.2, -0.15) is 0 Å². The molecular formula is C12H17F2N. The highest BCUT2D eigenvalue weighted by molar-refractivity contribution is 5.19. The van der Waals surface area contributed by atoms with Gasteiger partial charge < -0.3 is 5.32 Å². The molecule has 0 saturated heterocycles. The van der Waals surface area contributed by atoms with Crippen molar-refractivity contribution in [3.05, 3.63) is 35.4 Å². The minimum Gasteiger partial charge on any atom is -0.317 e. The Morgan fingerprint density at radius 3 is 2.67 bits per heavy atom. The largest absolute Gasteiger partial charge is 0.317 e. The van der Waals surface area contributed by atoms with Crippen LogP contribution in [0.1, 0.15) is 25.3 Å². The van der Waals surface area contributed by atoms with Crippen LogP contribution < -0.4 is 5.32 Å². The predicted octanol–water partition coefficient (Wildman–Crippen LogP) is 2.90. The molecule has 0 fully saturated rings. The molecule has 1 aromatic rings. The summed E-state index contributed by atoms with van der Waals surface area (Å²) in [5.41, 5.74) is 0.462. The lowest BCUT2D eigenvalue weighted by Gasteiger charge is -2.13. The second-order valence-corrected chi connectivity index (χ2v) is 3.65. The summed E-state index contributed by atoms with van der Waals surface area (Å²) < 4.78 is 26.1. The Kier molecular flexibility index (Phi) is 4.69. The minimum atomic E-state index is -0.759. The fourth-order valence-corrected chi connectivity index (χ4v) is 1.62. The smallest absolute Gasteiger partial charge is 0.162 e. The molecule has 1 aromatic carbocycles. The summed E-state index contributed by atoms with van der Waals surface area (Å²) in [5.74, 6) is -1.46. The molecule has 1 atom stereocenters. The van der Waals surface area contributed by atoms with Gasteiger partial charge in [-0.25, -0.2) is 8.78 Å².